The minimum Gasteiger partial charge on any atom is -0.366 e. The quantitative estimate of drug-likeness (QED) is 0.420. The number of nitrogens with two attached hydrogens (primary N) is 1. The van der Waals surface area contributed by atoms with E-state index in [1.807, 2.05) is 24.3 Å². The molecule has 1 unspecified atom stereocenters. The second-order valence-electron chi connectivity index (χ2n) is 7.10. The molecule has 0 saturated heterocycles. The fourth-order valence-corrected chi connectivity index (χ4v) is 4.06. The van der Waals surface area contributed by atoms with Gasteiger partial charge < -0.3 is 11.1 Å². The van der Waals surface area contributed by atoms with Crippen molar-refractivity contribution in [3.05, 3.63) is 84.2 Å². The lowest BCUT2D eigenvalue weighted by Gasteiger charge is -2.14. The number of carbonyl (C=O) groups excluding carboxylic acids is 2. The van der Waals surface area contributed by atoms with Gasteiger partial charge in [0.2, 0.25) is 11.8 Å². The smallest absolute Gasteiger partial charge is 0.248 e. The van der Waals surface area contributed by atoms with E-state index in [0.717, 1.165) is 16.3 Å². The Morgan fingerprint density at radius 2 is 1.59 bits per heavy atom. The topological polar surface area (TPSA) is 98.0 Å². The number of hydrogen-bond donors (Lipinski definition) is 2. The van der Waals surface area contributed by atoms with Gasteiger partial charge >= 0.3 is 0 Å². The van der Waals surface area contributed by atoms with E-state index in [0.29, 0.717) is 22.0 Å². The Labute approximate surface area is 188 Å². The highest BCUT2D eigenvalue weighted by atomic mass is 32.2. The first-order chi connectivity index (χ1) is 15.4. The molecule has 3 N–H and O–H groups in total. The molecular formula is C24H19FN4O2S. The normalized spacial score (nSPS) is 11.8. The Hall–Kier alpha value is -3.78. The van der Waals surface area contributed by atoms with Crippen LogP contribution in [-0.2, 0) is 4.79 Å². The number of carbonyl (C=O) groups is 2. The molecule has 8 heteroatoms. The van der Waals surface area contributed by atoms with E-state index >= 15 is 0 Å². The number of anilines is 1. The summed E-state index contributed by atoms with van der Waals surface area (Å²) in [4.78, 5) is 23.9. The average Bonchev–Trinajstić information content (AvgIpc) is 2.80. The first-order valence-electron chi connectivity index (χ1n) is 9.81. The van der Waals surface area contributed by atoms with E-state index in [9.17, 15) is 14.0 Å². The van der Waals surface area contributed by atoms with Crippen LogP contribution in [0.4, 0.5) is 10.1 Å². The summed E-state index contributed by atoms with van der Waals surface area (Å²) in [6.45, 7) is 1.78. The highest BCUT2D eigenvalue weighted by molar-refractivity contribution is 8.00. The van der Waals surface area contributed by atoms with Crippen LogP contribution in [0.25, 0.3) is 22.0 Å². The Kier molecular flexibility index (Phi) is 6.13. The summed E-state index contributed by atoms with van der Waals surface area (Å²) in [5, 5.41) is 13.4. The van der Waals surface area contributed by atoms with Crippen LogP contribution >= 0.6 is 11.8 Å². The monoisotopic (exact) mass is 446 g/mol. The summed E-state index contributed by atoms with van der Waals surface area (Å²) in [5.74, 6) is -1.06. The number of primary amides is 1. The predicted molar refractivity (Wildman–Crippen MR) is 124 cm³/mol. The third-order valence-electron chi connectivity index (χ3n) is 4.87. The van der Waals surface area contributed by atoms with Gasteiger partial charge in [0, 0.05) is 27.6 Å². The van der Waals surface area contributed by atoms with E-state index in [4.69, 9.17) is 5.73 Å². The molecule has 0 bridgehead atoms. The van der Waals surface area contributed by atoms with Crippen LogP contribution in [0.5, 0.6) is 0 Å². The first kappa shape index (κ1) is 21.5. The second-order valence-corrected chi connectivity index (χ2v) is 8.43. The van der Waals surface area contributed by atoms with Gasteiger partial charge in [-0.1, -0.05) is 36.0 Å². The third-order valence-corrected chi connectivity index (χ3v) is 5.96. The Bertz CT molecular complexity index is 1290. The molecule has 4 aromatic rings. The van der Waals surface area contributed by atoms with Crippen LogP contribution in [0.2, 0.25) is 0 Å². The van der Waals surface area contributed by atoms with Crippen molar-refractivity contribution < 1.29 is 14.0 Å². The lowest BCUT2D eigenvalue weighted by Crippen LogP contribution is -2.22. The van der Waals surface area contributed by atoms with Gasteiger partial charge in [-0.05, 0) is 55.5 Å². The lowest BCUT2D eigenvalue weighted by molar-refractivity contribution is -0.115. The molecule has 0 aliphatic heterocycles. The number of benzene rings is 3. The molecule has 1 heterocycles. The number of amides is 2. The maximum atomic E-state index is 13.3. The number of thioether (sulfide) groups is 1. The number of nitrogens with one attached hydrogen (secondary N) is 1. The predicted octanol–water partition coefficient (Wildman–Crippen LogP) is 4.65. The van der Waals surface area contributed by atoms with Crippen molar-refractivity contribution in [1.82, 2.24) is 10.2 Å². The van der Waals surface area contributed by atoms with Gasteiger partial charge in [0.05, 0.1) is 5.25 Å². The van der Waals surface area contributed by atoms with Crippen LogP contribution in [0.15, 0.2) is 77.8 Å². The van der Waals surface area contributed by atoms with Crippen LogP contribution < -0.4 is 11.1 Å². The molecule has 0 aliphatic carbocycles. The molecule has 0 spiro atoms. The lowest BCUT2D eigenvalue weighted by atomic mass is 10.1. The molecule has 0 saturated carbocycles. The minimum absolute atomic E-state index is 0.213. The highest BCUT2D eigenvalue weighted by Crippen LogP contribution is 2.33. The second kappa shape index (κ2) is 9.15. The van der Waals surface area contributed by atoms with Crippen LogP contribution in [-0.4, -0.2) is 27.3 Å². The fraction of sp³-hybridized carbons (Fsp3) is 0.0833. The summed E-state index contributed by atoms with van der Waals surface area (Å²) in [6, 6.07) is 20.1. The SMILES string of the molecule is CC(Sc1nnc(-c2ccc(F)cc2)c2ccccc12)C(=O)Nc1ccc(C(N)=O)cc1. The van der Waals surface area contributed by atoms with Crippen molar-refractivity contribution in [2.24, 2.45) is 5.73 Å². The molecule has 6 nitrogen and oxygen atoms in total. The third kappa shape index (κ3) is 4.60. The molecular weight excluding hydrogens is 427 g/mol. The Balaban J connectivity index is 1.56. The van der Waals surface area contributed by atoms with Gasteiger partial charge in [0.25, 0.3) is 0 Å². The van der Waals surface area contributed by atoms with E-state index in [1.165, 1.54) is 23.9 Å². The summed E-state index contributed by atoms with van der Waals surface area (Å²) in [7, 11) is 0. The van der Waals surface area contributed by atoms with Gasteiger partial charge in [-0.2, -0.15) is 0 Å². The van der Waals surface area contributed by atoms with Crippen LogP contribution in [0.3, 0.4) is 0 Å². The van der Waals surface area contributed by atoms with E-state index < -0.39 is 11.2 Å². The molecule has 160 valence electrons. The van der Waals surface area contributed by atoms with E-state index in [1.54, 1.807) is 43.3 Å². The molecule has 2 amide bonds. The number of fused-ring (bicyclic) bond motifs is 1. The van der Waals surface area contributed by atoms with E-state index in [2.05, 4.69) is 15.5 Å². The zero-order valence-electron chi connectivity index (χ0n) is 17.1. The largest absolute Gasteiger partial charge is 0.366 e. The molecule has 1 aromatic heterocycles. The van der Waals surface area contributed by atoms with Crippen molar-refractivity contribution in [2.45, 2.75) is 17.2 Å². The molecule has 3 aromatic carbocycles. The number of nitrogens with zero attached hydrogens (tertiary/aromatic N) is 2. The van der Waals surface area contributed by atoms with Gasteiger partial charge in [-0.25, -0.2) is 4.39 Å². The number of halogens is 1. The van der Waals surface area contributed by atoms with Gasteiger partial charge in [-0.15, -0.1) is 10.2 Å². The van der Waals surface area contributed by atoms with Crippen molar-refractivity contribution in [3.8, 4) is 11.3 Å². The van der Waals surface area contributed by atoms with Crippen LogP contribution in [0, 0.1) is 5.82 Å². The standard InChI is InChI=1S/C24H19FN4O2S/c1-14(23(31)27-18-12-8-16(9-13-18)22(26)30)32-24-20-5-3-2-4-19(20)21(28-29-24)15-6-10-17(25)11-7-15/h2-14H,1H3,(H2,26,30)(H,27,31). The number of hydrogen-bond acceptors (Lipinski definition) is 5. The summed E-state index contributed by atoms with van der Waals surface area (Å²) in [5.41, 5.74) is 7.58. The maximum absolute atomic E-state index is 13.3. The highest BCUT2D eigenvalue weighted by Gasteiger charge is 2.19. The Morgan fingerprint density at radius 1 is 0.938 bits per heavy atom. The van der Waals surface area contributed by atoms with Crippen molar-refractivity contribution in [2.75, 3.05) is 5.32 Å². The van der Waals surface area contributed by atoms with Crippen LogP contribution in [0.1, 0.15) is 17.3 Å². The summed E-state index contributed by atoms with van der Waals surface area (Å²) in [6.07, 6.45) is 0. The fourth-order valence-electron chi connectivity index (χ4n) is 3.17. The maximum Gasteiger partial charge on any atom is 0.248 e. The molecule has 32 heavy (non-hydrogen) atoms. The number of aromatic nitrogens is 2. The zero-order valence-corrected chi connectivity index (χ0v) is 17.9. The van der Waals surface area contributed by atoms with Gasteiger partial charge in [-0.3, -0.25) is 9.59 Å². The Morgan fingerprint density at radius 3 is 2.25 bits per heavy atom. The molecule has 1 atom stereocenters. The molecule has 0 fully saturated rings. The minimum atomic E-state index is -0.527. The molecule has 0 radical (unpaired) electrons. The summed E-state index contributed by atoms with van der Waals surface area (Å²) < 4.78 is 13.3. The van der Waals surface area contributed by atoms with Crippen molar-refractivity contribution >= 4 is 40.0 Å². The number of rotatable bonds is 6. The molecule has 0 aliphatic rings. The molecule has 4 rings (SSSR count). The van der Waals surface area contributed by atoms with Crippen molar-refractivity contribution in [3.63, 3.8) is 0 Å². The van der Waals surface area contributed by atoms with E-state index in [-0.39, 0.29) is 11.7 Å². The zero-order chi connectivity index (χ0) is 22.7. The summed E-state index contributed by atoms with van der Waals surface area (Å²) >= 11 is 1.30. The van der Waals surface area contributed by atoms with Crippen molar-refractivity contribution in [1.29, 1.82) is 0 Å². The first-order valence-corrected chi connectivity index (χ1v) is 10.7. The van der Waals surface area contributed by atoms with Gasteiger partial charge in [0.1, 0.15) is 16.5 Å². The average molecular weight is 447 g/mol. The van der Waals surface area contributed by atoms with Gasteiger partial charge in [0.15, 0.2) is 0 Å².